The van der Waals surface area contributed by atoms with Crippen LogP contribution in [0.1, 0.15) is 6.92 Å². The van der Waals surface area contributed by atoms with Crippen molar-refractivity contribution in [2.75, 3.05) is 6.54 Å². The van der Waals surface area contributed by atoms with Crippen LogP contribution < -0.4 is 5.32 Å². The molecule has 1 N–H and O–H groups in total. The minimum atomic E-state index is -0.200. The quantitative estimate of drug-likeness (QED) is 0.528. The Morgan fingerprint density at radius 1 is 1.90 bits per heavy atom. The second-order valence-electron chi connectivity index (χ2n) is 2.55. The monoisotopic (exact) mass is 133 g/mol. The van der Waals surface area contributed by atoms with E-state index in [9.17, 15) is 0 Å². The van der Waals surface area contributed by atoms with Gasteiger partial charge in [-0.2, -0.15) is 0 Å². The minimum Gasteiger partial charge on any atom is -0.294 e. The Morgan fingerprint density at radius 3 is 2.90 bits per heavy atom. The van der Waals surface area contributed by atoms with Crippen molar-refractivity contribution in [3.63, 3.8) is 0 Å². The lowest BCUT2D eigenvalue weighted by atomic mass is 9.84. The van der Waals surface area contributed by atoms with Crippen molar-refractivity contribution in [2.24, 2.45) is 0 Å². The van der Waals surface area contributed by atoms with Crippen LogP contribution in [-0.4, -0.2) is 12.1 Å². The number of hydrogen-bond donors (Lipinski definition) is 1. The molecule has 1 fully saturated rings. The van der Waals surface area contributed by atoms with Crippen molar-refractivity contribution in [1.82, 2.24) is 5.32 Å². The molecule has 0 aliphatic carbocycles. The van der Waals surface area contributed by atoms with Crippen molar-refractivity contribution < 1.29 is 0 Å². The third kappa shape index (κ3) is 0.872. The van der Waals surface area contributed by atoms with E-state index < -0.39 is 0 Å². The maximum atomic E-state index is 5.30. The Kier molecular flexibility index (Phi) is 1.65. The zero-order chi connectivity index (χ0) is 7.61. The number of allylic oxidation sites excluding steroid dienone is 2. The first-order valence-corrected chi connectivity index (χ1v) is 3.28. The lowest BCUT2D eigenvalue weighted by molar-refractivity contribution is 0.432. The van der Waals surface area contributed by atoms with Gasteiger partial charge in [-0.05, 0) is 12.5 Å². The third-order valence-corrected chi connectivity index (χ3v) is 1.88. The van der Waals surface area contributed by atoms with Gasteiger partial charge in [-0.15, -0.1) is 6.42 Å². The van der Waals surface area contributed by atoms with E-state index in [1.807, 2.05) is 13.0 Å². The molecule has 1 aliphatic heterocycles. The van der Waals surface area contributed by atoms with Crippen molar-refractivity contribution in [2.45, 2.75) is 12.5 Å². The zero-order valence-corrected chi connectivity index (χ0v) is 6.15. The molecule has 1 heterocycles. The third-order valence-electron chi connectivity index (χ3n) is 1.88. The summed E-state index contributed by atoms with van der Waals surface area (Å²) in [6.45, 7) is 6.50. The highest BCUT2D eigenvalue weighted by Gasteiger charge is 2.33. The van der Waals surface area contributed by atoms with Crippen molar-refractivity contribution in [3.05, 3.63) is 24.3 Å². The van der Waals surface area contributed by atoms with Crippen LogP contribution in [0, 0.1) is 12.3 Å². The average molecular weight is 133 g/mol. The summed E-state index contributed by atoms with van der Waals surface area (Å²) < 4.78 is 0. The Morgan fingerprint density at radius 2 is 2.60 bits per heavy atom. The van der Waals surface area contributed by atoms with Gasteiger partial charge in [0.25, 0.3) is 0 Å². The molecule has 0 bridgehead atoms. The van der Waals surface area contributed by atoms with Gasteiger partial charge in [-0.1, -0.05) is 24.7 Å². The summed E-state index contributed by atoms with van der Waals surface area (Å²) in [6, 6.07) is 0. The first-order chi connectivity index (χ1) is 4.73. The van der Waals surface area contributed by atoms with Gasteiger partial charge < -0.3 is 0 Å². The summed E-state index contributed by atoms with van der Waals surface area (Å²) in [4.78, 5) is 0. The van der Waals surface area contributed by atoms with Crippen LogP contribution in [0.15, 0.2) is 24.3 Å². The Bertz CT molecular complexity index is 219. The average Bonchev–Trinajstić information content (AvgIpc) is 1.96. The standard InChI is InChI=1S/C9H11N/c1-4-6-8-7-10-9(8,3)5-2/h2,4,6,10H,1,7H2,3H3/b8-6-. The maximum Gasteiger partial charge on any atom is 0.100 e. The summed E-state index contributed by atoms with van der Waals surface area (Å²) in [7, 11) is 0. The molecule has 0 amide bonds. The number of nitrogens with one attached hydrogen (secondary N) is 1. The topological polar surface area (TPSA) is 12.0 Å². The second kappa shape index (κ2) is 2.32. The van der Waals surface area contributed by atoms with Crippen molar-refractivity contribution >= 4 is 0 Å². The maximum absolute atomic E-state index is 5.30. The fraction of sp³-hybridized carbons (Fsp3) is 0.333. The molecule has 1 atom stereocenters. The van der Waals surface area contributed by atoms with Crippen LogP contribution in [0.2, 0.25) is 0 Å². The molecule has 1 heteroatoms. The van der Waals surface area contributed by atoms with E-state index in [4.69, 9.17) is 6.42 Å². The molecule has 1 nitrogen and oxygen atoms in total. The van der Waals surface area contributed by atoms with Crippen molar-refractivity contribution in [3.8, 4) is 12.3 Å². The fourth-order valence-electron chi connectivity index (χ4n) is 0.967. The van der Waals surface area contributed by atoms with E-state index in [0.717, 1.165) is 6.54 Å². The molecular formula is C9H11N. The molecule has 1 unspecified atom stereocenters. The van der Waals surface area contributed by atoms with Gasteiger partial charge in [0.15, 0.2) is 0 Å². The van der Waals surface area contributed by atoms with Gasteiger partial charge >= 0.3 is 0 Å². The minimum absolute atomic E-state index is 0.200. The number of terminal acetylenes is 1. The molecule has 0 radical (unpaired) electrons. The van der Waals surface area contributed by atoms with Crippen molar-refractivity contribution in [1.29, 1.82) is 0 Å². The SMILES string of the molecule is C#CC1(C)NC/C1=C/C=C. The Labute approximate surface area is 61.8 Å². The molecule has 1 aliphatic rings. The smallest absolute Gasteiger partial charge is 0.100 e. The molecule has 0 saturated carbocycles. The number of rotatable bonds is 1. The molecular weight excluding hydrogens is 122 g/mol. The van der Waals surface area contributed by atoms with Crippen LogP contribution >= 0.6 is 0 Å². The van der Waals surface area contributed by atoms with E-state index >= 15 is 0 Å². The summed E-state index contributed by atoms with van der Waals surface area (Å²) in [6.07, 6.45) is 9.04. The van der Waals surface area contributed by atoms with E-state index in [1.165, 1.54) is 5.57 Å². The van der Waals surface area contributed by atoms with E-state index in [0.29, 0.717) is 0 Å². The summed E-state index contributed by atoms with van der Waals surface area (Å²) in [5.41, 5.74) is 1.04. The summed E-state index contributed by atoms with van der Waals surface area (Å²) >= 11 is 0. The molecule has 0 aromatic heterocycles. The van der Waals surface area contributed by atoms with Gasteiger partial charge in [-0.25, -0.2) is 0 Å². The molecule has 1 saturated heterocycles. The van der Waals surface area contributed by atoms with Gasteiger partial charge in [0.2, 0.25) is 0 Å². The van der Waals surface area contributed by atoms with E-state index in [2.05, 4.69) is 17.8 Å². The highest BCUT2D eigenvalue weighted by molar-refractivity contribution is 5.41. The summed E-state index contributed by atoms with van der Waals surface area (Å²) in [5.74, 6) is 2.69. The molecule has 0 aromatic carbocycles. The van der Waals surface area contributed by atoms with Crippen LogP contribution in [0.25, 0.3) is 0 Å². The highest BCUT2D eigenvalue weighted by Crippen LogP contribution is 2.23. The van der Waals surface area contributed by atoms with Gasteiger partial charge in [0.1, 0.15) is 5.54 Å². The van der Waals surface area contributed by atoms with Gasteiger partial charge in [0, 0.05) is 6.54 Å². The van der Waals surface area contributed by atoms with Crippen LogP contribution in [0.4, 0.5) is 0 Å². The summed E-state index contributed by atoms with van der Waals surface area (Å²) in [5, 5.41) is 3.15. The van der Waals surface area contributed by atoms with Crippen LogP contribution in [0.3, 0.4) is 0 Å². The Hall–Kier alpha value is -1.00. The molecule has 10 heavy (non-hydrogen) atoms. The zero-order valence-electron chi connectivity index (χ0n) is 6.15. The number of hydrogen-bond acceptors (Lipinski definition) is 1. The fourth-order valence-corrected chi connectivity index (χ4v) is 0.967. The highest BCUT2D eigenvalue weighted by atomic mass is 15.0. The molecule has 0 spiro atoms. The van der Waals surface area contributed by atoms with E-state index in [-0.39, 0.29) is 5.54 Å². The predicted octanol–water partition coefficient (Wildman–Crippen LogP) is 1.09. The first kappa shape index (κ1) is 7.11. The second-order valence-corrected chi connectivity index (χ2v) is 2.55. The van der Waals surface area contributed by atoms with Gasteiger partial charge in [0.05, 0.1) is 0 Å². The first-order valence-electron chi connectivity index (χ1n) is 3.28. The predicted molar refractivity (Wildman–Crippen MR) is 43.5 cm³/mol. The van der Waals surface area contributed by atoms with Crippen LogP contribution in [0.5, 0.6) is 0 Å². The molecule has 0 aromatic rings. The normalized spacial score (nSPS) is 34.6. The molecule has 1 rings (SSSR count). The Balaban J connectivity index is 2.78. The lowest BCUT2D eigenvalue weighted by Gasteiger charge is -2.38. The lowest BCUT2D eigenvalue weighted by Crippen LogP contribution is -2.56. The van der Waals surface area contributed by atoms with Gasteiger partial charge in [-0.3, -0.25) is 5.32 Å². The van der Waals surface area contributed by atoms with Crippen LogP contribution in [-0.2, 0) is 0 Å². The largest absolute Gasteiger partial charge is 0.294 e. The van der Waals surface area contributed by atoms with E-state index in [1.54, 1.807) is 6.08 Å². The molecule has 52 valence electrons.